The number of hydrogen-bond donors (Lipinski definition) is 3. The number of imidazole rings is 1. The molecule has 2 aromatic carbocycles. The number of anilines is 3. The number of carbonyl (C=O) groups excluding carboxylic acids is 1. The third-order valence-electron chi connectivity index (χ3n) is 4.77. The van der Waals surface area contributed by atoms with Crippen LogP contribution in [0.15, 0.2) is 73.2 Å². The molecule has 1 amide bonds. The van der Waals surface area contributed by atoms with Crippen LogP contribution in [0.4, 0.5) is 30.5 Å². The molecule has 4 aromatic rings. The molecule has 0 saturated heterocycles. The van der Waals surface area contributed by atoms with Crippen LogP contribution in [-0.2, 0) is 6.18 Å². The molecular formula is C23H18F3N5O. The molecule has 0 bridgehead atoms. The summed E-state index contributed by atoms with van der Waals surface area (Å²) in [4.78, 5) is 24.0. The van der Waals surface area contributed by atoms with Crippen molar-refractivity contribution in [1.82, 2.24) is 15.0 Å². The first kappa shape index (κ1) is 21.1. The second-order valence-electron chi connectivity index (χ2n) is 7.07. The van der Waals surface area contributed by atoms with Gasteiger partial charge in [-0.1, -0.05) is 12.1 Å². The van der Waals surface area contributed by atoms with Crippen LogP contribution in [0.25, 0.3) is 11.3 Å². The van der Waals surface area contributed by atoms with E-state index in [1.165, 1.54) is 12.1 Å². The number of rotatable bonds is 5. The van der Waals surface area contributed by atoms with Gasteiger partial charge in [0.25, 0.3) is 5.91 Å². The van der Waals surface area contributed by atoms with E-state index in [0.29, 0.717) is 17.3 Å². The summed E-state index contributed by atoms with van der Waals surface area (Å²) in [6.07, 6.45) is 0.537. The van der Waals surface area contributed by atoms with E-state index in [-0.39, 0.29) is 5.56 Å². The Balaban J connectivity index is 1.51. The number of aryl methyl sites for hydroxylation is 1. The van der Waals surface area contributed by atoms with Gasteiger partial charge in [-0.05, 0) is 55.0 Å². The number of hydrogen-bond acceptors (Lipinski definition) is 4. The maximum absolute atomic E-state index is 12.9. The number of alkyl halides is 3. The summed E-state index contributed by atoms with van der Waals surface area (Å²) in [6, 6.07) is 13.2. The normalized spacial score (nSPS) is 11.2. The average molecular weight is 437 g/mol. The topological polar surface area (TPSA) is 82.7 Å². The molecule has 0 aliphatic heterocycles. The maximum Gasteiger partial charge on any atom is 0.416 e. The number of aromatic amines is 1. The molecule has 4 rings (SSSR count). The minimum absolute atomic E-state index is 0.0806. The Bertz CT molecular complexity index is 1250. The Morgan fingerprint density at radius 1 is 1.03 bits per heavy atom. The number of nitrogens with zero attached hydrogens (tertiary/aromatic N) is 2. The number of H-pyrrole nitrogens is 1. The minimum atomic E-state index is -4.52. The maximum atomic E-state index is 12.9. The van der Waals surface area contributed by atoms with Crippen LogP contribution in [0.3, 0.4) is 0 Å². The van der Waals surface area contributed by atoms with Crippen molar-refractivity contribution in [2.75, 3.05) is 10.6 Å². The van der Waals surface area contributed by atoms with E-state index in [1.54, 1.807) is 36.8 Å². The van der Waals surface area contributed by atoms with E-state index in [0.717, 1.165) is 29.0 Å². The number of nitrogens with one attached hydrogen (secondary N) is 3. The predicted octanol–water partition coefficient (Wildman–Crippen LogP) is 5.79. The van der Waals surface area contributed by atoms with Crippen molar-refractivity contribution in [2.45, 2.75) is 13.1 Å². The van der Waals surface area contributed by atoms with Gasteiger partial charge in [0.15, 0.2) is 0 Å². The van der Waals surface area contributed by atoms with Crippen LogP contribution in [0.2, 0.25) is 0 Å². The van der Waals surface area contributed by atoms with Gasteiger partial charge in [0.1, 0.15) is 0 Å². The Labute approximate surface area is 181 Å². The first-order valence-corrected chi connectivity index (χ1v) is 9.61. The predicted molar refractivity (Wildman–Crippen MR) is 116 cm³/mol. The minimum Gasteiger partial charge on any atom is -0.325 e. The molecule has 0 radical (unpaired) electrons. The van der Waals surface area contributed by atoms with Crippen molar-refractivity contribution >= 4 is 23.2 Å². The third-order valence-corrected chi connectivity index (χ3v) is 4.77. The van der Waals surface area contributed by atoms with Crippen molar-refractivity contribution in [2.24, 2.45) is 0 Å². The van der Waals surface area contributed by atoms with E-state index in [1.807, 2.05) is 19.1 Å². The highest BCUT2D eigenvalue weighted by Crippen LogP contribution is 2.30. The van der Waals surface area contributed by atoms with E-state index in [2.05, 4.69) is 25.6 Å². The summed E-state index contributed by atoms with van der Waals surface area (Å²) >= 11 is 0. The van der Waals surface area contributed by atoms with Crippen LogP contribution in [0.5, 0.6) is 0 Å². The molecule has 0 atom stereocenters. The van der Waals surface area contributed by atoms with Crippen molar-refractivity contribution < 1.29 is 18.0 Å². The zero-order chi connectivity index (χ0) is 22.7. The van der Waals surface area contributed by atoms with Crippen molar-refractivity contribution in [3.63, 3.8) is 0 Å². The number of amides is 1. The molecule has 9 heteroatoms. The smallest absolute Gasteiger partial charge is 0.325 e. The molecule has 2 aromatic heterocycles. The van der Waals surface area contributed by atoms with Gasteiger partial charge >= 0.3 is 6.18 Å². The molecule has 6 nitrogen and oxygen atoms in total. The first-order chi connectivity index (χ1) is 15.3. The number of halogens is 3. The lowest BCUT2D eigenvalue weighted by atomic mass is 10.1. The zero-order valence-corrected chi connectivity index (χ0v) is 16.9. The first-order valence-electron chi connectivity index (χ1n) is 9.61. The fourth-order valence-corrected chi connectivity index (χ4v) is 3.06. The fourth-order valence-electron chi connectivity index (χ4n) is 3.06. The largest absolute Gasteiger partial charge is 0.416 e. The lowest BCUT2D eigenvalue weighted by Gasteiger charge is -2.12. The Kier molecular flexibility index (Phi) is 5.63. The molecule has 162 valence electrons. The van der Waals surface area contributed by atoms with Crippen molar-refractivity contribution in [3.05, 3.63) is 89.9 Å². The standard InChI is InChI=1S/C23H18F3N5O/c1-14-5-6-18(29-21(32)16-3-2-4-17(11-16)23(24,25)26)12-19(14)30-22-28-13-20(31-22)15-7-9-27-10-8-15/h2-13H,1H3,(H,29,32)(H2,28,30,31). The number of carbonyl (C=O) groups is 1. The van der Waals surface area contributed by atoms with Gasteiger partial charge in [0.2, 0.25) is 5.95 Å². The molecule has 0 aliphatic carbocycles. The van der Waals surface area contributed by atoms with Gasteiger partial charge in [0.05, 0.1) is 17.5 Å². The molecule has 0 saturated carbocycles. The summed E-state index contributed by atoms with van der Waals surface area (Å²) < 4.78 is 38.8. The lowest BCUT2D eigenvalue weighted by molar-refractivity contribution is -0.137. The van der Waals surface area contributed by atoms with E-state index in [9.17, 15) is 18.0 Å². The molecular weight excluding hydrogens is 419 g/mol. The van der Waals surface area contributed by atoms with Crippen molar-refractivity contribution in [3.8, 4) is 11.3 Å². The molecule has 0 aliphatic rings. The SMILES string of the molecule is Cc1ccc(NC(=O)c2cccc(C(F)(F)F)c2)cc1Nc1ncc(-c2ccncc2)[nH]1. The van der Waals surface area contributed by atoms with E-state index >= 15 is 0 Å². The van der Waals surface area contributed by atoms with Crippen LogP contribution in [0, 0.1) is 6.92 Å². The van der Waals surface area contributed by atoms with E-state index in [4.69, 9.17) is 0 Å². The monoisotopic (exact) mass is 437 g/mol. The number of pyridine rings is 1. The molecule has 2 heterocycles. The highest BCUT2D eigenvalue weighted by molar-refractivity contribution is 6.04. The van der Waals surface area contributed by atoms with Gasteiger partial charge < -0.3 is 15.6 Å². The fraction of sp³-hybridized carbons (Fsp3) is 0.0870. The Hall–Kier alpha value is -4.14. The highest BCUT2D eigenvalue weighted by atomic mass is 19.4. The highest BCUT2D eigenvalue weighted by Gasteiger charge is 2.30. The lowest BCUT2D eigenvalue weighted by Crippen LogP contribution is -2.14. The van der Waals surface area contributed by atoms with Gasteiger partial charge in [-0.3, -0.25) is 9.78 Å². The van der Waals surface area contributed by atoms with Crippen LogP contribution in [0.1, 0.15) is 21.5 Å². The molecule has 32 heavy (non-hydrogen) atoms. The van der Waals surface area contributed by atoms with Crippen LogP contribution >= 0.6 is 0 Å². The van der Waals surface area contributed by atoms with E-state index < -0.39 is 17.6 Å². The summed E-state index contributed by atoms with van der Waals surface area (Å²) in [6.45, 7) is 1.88. The third kappa shape index (κ3) is 4.77. The number of benzene rings is 2. The van der Waals surface area contributed by atoms with Crippen LogP contribution < -0.4 is 10.6 Å². The Morgan fingerprint density at radius 3 is 2.56 bits per heavy atom. The quantitative estimate of drug-likeness (QED) is 0.369. The van der Waals surface area contributed by atoms with Crippen molar-refractivity contribution in [1.29, 1.82) is 0 Å². The summed E-state index contributed by atoms with van der Waals surface area (Å²) in [5, 5.41) is 5.80. The zero-order valence-electron chi connectivity index (χ0n) is 16.9. The second kappa shape index (κ2) is 8.54. The van der Waals surface area contributed by atoms with Gasteiger partial charge in [0, 0.05) is 34.9 Å². The summed E-state index contributed by atoms with van der Waals surface area (Å²) in [7, 11) is 0. The van der Waals surface area contributed by atoms with Gasteiger partial charge in [-0.2, -0.15) is 13.2 Å². The molecule has 0 spiro atoms. The summed E-state index contributed by atoms with van der Waals surface area (Å²) in [5.74, 6) is -0.134. The molecule has 0 fully saturated rings. The summed E-state index contributed by atoms with van der Waals surface area (Å²) in [5.41, 5.74) is 2.79. The molecule has 0 unspecified atom stereocenters. The average Bonchev–Trinajstić information content (AvgIpc) is 3.25. The molecule has 3 N–H and O–H groups in total. The van der Waals surface area contributed by atoms with Gasteiger partial charge in [-0.15, -0.1) is 0 Å². The Morgan fingerprint density at radius 2 is 1.81 bits per heavy atom. The van der Waals surface area contributed by atoms with Gasteiger partial charge in [-0.25, -0.2) is 4.98 Å². The van der Waals surface area contributed by atoms with Crippen LogP contribution in [-0.4, -0.2) is 20.9 Å². The second-order valence-corrected chi connectivity index (χ2v) is 7.07. The number of aromatic nitrogens is 3.